The summed E-state index contributed by atoms with van der Waals surface area (Å²) in [7, 11) is 0. The molecular weight excluding hydrogens is 253 g/mol. The Bertz CT molecular complexity index is 426. The van der Waals surface area contributed by atoms with Gasteiger partial charge in [-0.15, -0.1) is 0 Å². The Labute approximate surface area is 111 Å². The summed E-state index contributed by atoms with van der Waals surface area (Å²) in [6, 6.07) is 5.43. The number of ether oxygens (including phenoxy) is 1. The first-order chi connectivity index (χ1) is 8.74. The highest BCUT2D eigenvalue weighted by atomic mass is 35.5. The molecule has 18 heavy (non-hydrogen) atoms. The van der Waals surface area contributed by atoms with Gasteiger partial charge in [-0.05, 0) is 36.5 Å². The number of hydrogen-bond acceptors (Lipinski definition) is 2. The molecule has 3 rings (SSSR count). The van der Waals surface area contributed by atoms with Gasteiger partial charge in [-0.1, -0.05) is 24.1 Å². The lowest BCUT2D eigenvalue weighted by Gasteiger charge is -2.16. The molecule has 0 aromatic heterocycles. The van der Waals surface area contributed by atoms with Gasteiger partial charge < -0.3 is 10.1 Å². The molecule has 98 valence electrons. The van der Waals surface area contributed by atoms with Crippen molar-refractivity contribution in [2.45, 2.75) is 31.4 Å². The Hall–Kier alpha value is -0.640. The van der Waals surface area contributed by atoms with Gasteiger partial charge in [-0.2, -0.15) is 0 Å². The van der Waals surface area contributed by atoms with Crippen LogP contribution in [-0.2, 0) is 4.74 Å². The van der Waals surface area contributed by atoms with Gasteiger partial charge in [0.15, 0.2) is 0 Å². The van der Waals surface area contributed by atoms with Crippen molar-refractivity contribution in [2.24, 2.45) is 5.92 Å². The van der Waals surface area contributed by atoms with E-state index < -0.39 is 0 Å². The van der Waals surface area contributed by atoms with Crippen LogP contribution in [0, 0.1) is 11.7 Å². The van der Waals surface area contributed by atoms with Crippen LogP contribution < -0.4 is 5.32 Å². The minimum absolute atomic E-state index is 0.0197. The van der Waals surface area contributed by atoms with E-state index in [4.69, 9.17) is 16.3 Å². The molecule has 1 saturated heterocycles. The number of nitrogens with one attached hydrogen (secondary N) is 1. The summed E-state index contributed by atoms with van der Waals surface area (Å²) in [6.45, 7) is 1.57. The van der Waals surface area contributed by atoms with E-state index >= 15 is 0 Å². The van der Waals surface area contributed by atoms with Crippen LogP contribution in [0.3, 0.4) is 0 Å². The molecule has 1 aliphatic heterocycles. The van der Waals surface area contributed by atoms with Crippen LogP contribution in [0.15, 0.2) is 18.2 Å². The van der Waals surface area contributed by atoms with Gasteiger partial charge in [-0.25, -0.2) is 4.39 Å². The molecule has 2 fully saturated rings. The molecule has 0 radical (unpaired) electrons. The second-order valence-electron chi connectivity index (χ2n) is 5.20. The number of halogens is 2. The fourth-order valence-corrected chi connectivity index (χ4v) is 3.18. The maximum atomic E-state index is 13.1. The number of rotatable bonds is 1. The molecule has 1 aromatic rings. The topological polar surface area (TPSA) is 21.3 Å². The standard InChI is InChI=1S/C14H17ClFNO/c15-11-6-9(4-5-12(11)16)14-7-17-13-3-1-2-10(13)8-18-14/h4-6,10,13-14,17H,1-3,7-8H2. The highest BCUT2D eigenvalue weighted by Crippen LogP contribution is 2.32. The Kier molecular flexibility index (Phi) is 3.55. The Morgan fingerprint density at radius 2 is 2.22 bits per heavy atom. The lowest BCUT2D eigenvalue weighted by molar-refractivity contribution is 0.0473. The third kappa shape index (κ3) is 2.40. The van der Waals surface area contributed by atoms with Gasteiger partial charge in [0.05, 0.1) is 17.7 Å². The van der Waals surface area contributed by atoms with Crippen LogP contribution in [0.5, 0.6) is 0 Å². The molecule has 3 atom stereocenters. The highest BCUT2D eigenvalue weighted by Gasteiger charge is 2.31. The number of benzene rings is 1. The fourth-order valence-electron chi connectivity index (χ4n) is 2.99. The van der Waals surface area contributed by atoms with Gasteiger partial charge >= 0.3 is 0 Å². The highest BCUT2D eigenvalue weighted by molar-refractivity contribution is 6.30. The van der Waals surface area contributed by atoms with Crippen LogP contribution in [0.25, 0.3) is 0 Å². The summed E-state index contributed by atoms with van der Waals surface area (Å²) in [5.41, 5.74) is 0.953. The summed E-state index contributed by atoms with van der Waals surface area (Å²) >= 11 is 5.82. The van der Waals surface area contributed by atoms with Gasteiger partial charge in [0, 0.05) is 12.6 Å². The molecule has 0 amide bonds. The smallest absolute Gasteiger partial charge is 0.141 e. The second kappa shape index (κ2) is 5.16. The minimum atomic E-state index is -0.376. The lowest BCUT2D eigenvalue weighted by Crippen LogP contribution is -2.32. The molecule has 1 saturated carbocycles. The molecular formula is C14H17ClFNO. The first-order valence-corrected chi connectivity index (χ1v) is 6.92. The summed E-state index contributed by atoms with van der Waals surface area (Å²) in [5, 5.41) is 3.73. The van der Waals surface area contributed by atoms with Crippen LogP contribution in [0.4, 0.5) is 4.39 Å². The van der Waals surface area contributed by atoms with E-state index in [-0.39, 0.29) is 16.9 Å². The molecule has 2 nitrogen and oxygen atoms in total. The third-order valence-electron chi connectivity index (χ3n) is 4.05. The van der Waals surface area contributed by atoms with Crippen molar-refractivity contribution in [3.8, 4) is 0 Å². The molecule has 1 N–H and O–H groups in total. The van der Waals surface area contributed by atoms with Crippen LogP contribution >= 0.6 is 11.6 Å². The molecule has 4 heteroatoms. The maximum Gasteiger partial charge on any atom is 0.141 e. The fraction of sp³-hybridized carbons (Fsp3) is 0.571. The summed E-state index contributed by atoms with van der Waals surface area (Å²) in [4.78, 5) is 0. The van der Waals surface area contributed by atoms with Crippen molar-refractivity contribution in [1.82, 2.24) is 5.32 Å². The molecule has 0 bridgehead atoms. The van der Waals surface area contributed by atoms with Crippen LogP contribution in [-0.4, -0.2) is 19.2 Å². The van der Waals surface area contributed by atoms with E-state index in [1.807, 2.05) is 0 Å². The predicted molar refractivity (Wildman–Crippen MR) is 69.2 cm³/mol. The quantitative estimate of drug-likeness (QED) is 0.845. The van der Waals surface area contributed by atoms with Gasteiger partial charge in [0.1, 0.15) is 5.82 Å². The maximum absolute atomic E-state index is 13.1. The average Bonchev–Trinajstić information content (AvgIpc) is 2.72. The first kappa shape index (κ1) is 12.4. The molecule has 3 unspecified atom stereocenters. The second-order valence-corrected chi connectivity index (χ2v) is 5.61. The molecule has 1 aromatic carbocycles. The summed E-state index contributed by atoms with van der Waals surface area (Å²) in [6.07, 6.45) is 3.76. The largest absolute Gasteiger partial charge is 0.372 e. The zero-order valence-corrected chi connectivity index (χ0v) is 10.9. The van der Waals surface area contributed by atoms with E-state index in [1.165, 1.54) is 25.3 Å². The molecule has 2 aliphatic rings. The van der Waals surface area contributed by atoms with Crippen molar-refractivity contribution in [3.05, 3.63) is 34.6 Å². The van der Waals surface area contributed by atoms with Gasteiger partial charge in [0.25, 0.3) is 0 Å². The van der Waals surface area contributed by atoms with Crippen LogP contribution in [0.1, 0.15) is 30.9 Å². The SMILES string of the molecule is Fc1ccc(C2CNC3CCCC3CO2)cc1Cl. The van der Waals surface area contributed by atoms with E-state index in [2.05, 4.69) is 5.32 Å². The Morgan fingerprint density at radius 1 is 1.33 bits per heavy atom. The molecule has 1 heterocycles. The molecule has 1 aliphatic carbocycles. The zero-order valence-electron chi connectivity index (χ0n) is 10.2. The van der Waals surface area contributed by atoms with Crippen molar-refractivity contribution >= 4 is 11.6 Å². The normalized spacial score (nSPS) is 32.0. The van der Waals surface area contributed by atoms with Gasteiger partial charge in [-0.3, -0.25) is 0 Å². The molecule has 0 spiro atoms. The Morgan fingerprint density at radius 3 is 3.06 bits per heavy atom. The lowest BCUT2D eigenvalue weighted by atomic mass is 10.1. The predicted octanol–water partition coefficient (Wildman–Crippen LogP) is 3.31. The minimum Gasteiger partial charge on any atom is -0.372 e. The van der Waals surface area contributed by atoms with Crippen molar-refractivity contribution < 1.29 is 9.13 Å². The van der Waals surface area contributed by atoms with Crippen LogP contribution in [0.2, 0.25) is 5.02 Å². The summed E-state index contributed by atoms with van der Waals surface area (Å²) in [5.74, 6) is 0.254. The van der Waals surface area contributed by atoms with E-state index in [0.29, 0.717) is 12.0 Å². The number of fused-ring (bicyclic) bond motifs is 1. The van der Waals surface area contributed by atoms with E-state index in [0.717, 1.165) is 18.7 Å². The monoisotopic (exact) mass is 269 g/mol. The average molecular weight is 270 g/mol. The van der Waals surface area contributed by atoms with E-state index in [1.54, 1.807) is 12.1 Å². The number of hydrogen-bond donors (Lipinski definition) is 1. The summed E-state index contributed by atoms with van der Waals surface area (Å²) < 4.78 is 19.1. The van der Waals surface area contributed by atoms with Crippen molar-refractivity contribution in [2.75, 3.05) is 13.2 Å². The van der Waals surface area contributed by atoms with Crippen molar-refractivity contribution in [1.29, 1.82) is 0 Å². The first-order valence-electron chi connectivity index (χ1n) is 6.54. The third-order valence-corrected chi connectivity index (χ3v) is 4.34. The van der Waals surface area contributed by atoms with E-state index in [9.17, 15) is 4.39 Å². The Balaban J connectivity index is 1.74. The van der Waals surface area contributed by atoms with Crippen molar-refractivity contribution in [3.63, 3.8) is 0 Å². The van der Waals surface area contributed by atoms with Gasteiger partial charge in [0.2, 0.25) is 0 Å². The zero-order chi connectivity index (χ0) is 12.5.